The van der Waals surface area contributed by atoms with Crippen LogP contribution in [0.4, 0.5) is 5.69 Å². The average molecular weight is 402 g/mol. The van der Waals surface area contributed by atoms with Crippen LogP contribution in [-0.2, 0) is 14.8 Å². The number of sulfonamides is 1. The number of amides is 1. The van der Waals surface area contributed by atoms with Gasteiger partial charge in [-0.2, -0.15) is 4.31 Å². The van der Waals surface area contributed by atoms with Crippen LogP contribution in [-0.4, -0.2) is 44.8 Å². The van der Waals surface area contributed by atoms with Crippen molar-refractivity contribution in [3.8, 4) is 0 Å². The minimum absolute atomic E-state index is 0.0992. The van der Waals surface area contributed by atoms with E-state index in [0.29, 0.717) is 24.3 Å². The number of nitrogens with one attached hydrogen (secondary N) is 1. The van der Waals surface area contributed by atoms with Gasteiger partial charge in [0.15, 0.2) is 0 Å². The number of anilines is 1. The van der Waals surface area contributed by atoms with E-state index in [1.54, 1.807) is 31.2 Å². The van der Waals surface area contributed by atoms with Crippen LogP contribution in [0.2, 0.25) is 0 Å². The number of nitrogens with zero attached hydrogens (tertiary/aromatic N) is 1. The van der Waals surface area contributed by atoms with Gasteiger partial charge in [-0.1, -0.05) is 12.1 Å². The molecule has 28 heavy (non-hydrogen) atoms. The standard InChI is InChI=1S/C20H22N2O5S/c1-14-8-9-16(20(24)27-2)13-18(14)21-19(23)15-6-5-7-17(12-15)28(25,26)22-10-3-4-11-22/h5-9,12-13H,3-4,10-11H2,1-2H3,(H,21,23). The zero-order valence-corrected chi connectivity index (χ0v) is 16.6. The molecule has 148 valence electrons. The summed E-state index contributed by atoms with van der Waals surface area (Å²) in [6, 6.07) is 10.8. The number of ether oxygens (including phenoxy) is 1. The zero-order chi connectivity index (χ0) is 20.3. The SMILES string of the molecule is COC(=O)c1ccc(C)c(NC(=O)c2cccc(S(=O)(=O)N3CCCC3)c2)c1. The minimum Gasteiger partial charge on any atom is -0.465 e. The van der Waals surface area contributed by atoms with Gasteiger partial charge in [0.05, 0.1) is 17.6 Å². The first-order valence-corrected chi connectivity index (χ1v) is 10.4. The maximum absolute atomic E-state index is 12.7. The highest BCUT2D eigenvalue weighted by atomic mass is 32.2. The van der Waals surface area contributed by atoms with E-state index in [9.17, 15) is 18.0 Å². The van der Waals surface area contributed by atoms with E-state index >= 15 is 0 Å². The predicted molar refractivity (Wildman–Crippen MR) is 105 cm³/mol. The van der Waals surface area contributed by atoms with Gasteiger partial charge >= 0.3 is 5.97 Å². The van der Waals surface area contributed by atoms with Gasteiger partial charge in [0.1, 0.15) is 0 Å². The number of esters is 1. The summed E-state index contributed by atoms with van der Waals surface area (Å²) in [5.41, 5.74) is 1.76. The third kappa shape index (κ3) is 4.07. The molecule has 1 aliphatic rings. The quantitative estimate of drug-likeness (QED) is 0.777. The number of aryl methyl sites for hydroxylation is 1. The highest BCUT2D eigenvalue weighted by molar-refractivity contribution is 7.89. The van der Waals surface area contributed by atoms with Gasteiger partial charge in [-0.05, 0) is 55.7 Å². The molecule has 1 heterocycles. The van der Waals surface area contributed by atoms with Crippen molar-refractivity contribution in [1.82, 2.24) is 4.31 Å². The van der Waals surface area contributed by atoms with Gasteiger partial charge in [0.25, 0.3) is 5.91 Å². The van der Waals surface area contributed by atoms with Crippen LogP contribution < -0.4 is 5.32 Å². The van der Waals surface area contributed by atoms with Gasteiger partial charge in [0.2, 0.25) is 10.0 Å². The second-order valence-electron chi connectivity index (χ2n) is 6.61. The fourth-order valence-electron chi connectivity index (χ4n) is 3.07. The van der Waals surface area contributed by atoms with E-state index in [1.807, 2.05) is 0 Å². The van der Waals surface area contributed by atoms with Crippen LogP contribution in [0.3, 0.4) is 0 Å². The molecule has 0 aliphatic carbocycles. The van der Waals surface area contributed by atoms with E-state index < -0.39 is 21.9 Å². The molecule has 0 unspecified atom stereocenters. The molecular formula is C20H22N2O5S. The maximum Gasteiger partial charge on any atom is 0.337 e. The average Bonchev–Trinajstić information content (AvgIpc) is 3.25. The van der Waals surface area contributed by atoms with Crippen molar-refractivity contribution in [1.29, 1.82) is 0 Å². The summed E-state index contributed by atoms with van der Waals surface area (Å²) in [6.07, 6.45) is 1.68. The molecule has 0 spiro atoms. The number of hydrogen-bond donors (Lipinski definition) is 1. The molecule has 1 aliphatic heterocycles. The molecule has 1 fully saturated rings. The fourth-order valence-corrected chi connectivity index (χ4v) is 4.63. The molecule has 3 rings (SSSR count). The van der Waals surface area contributed by atoms with Crippen molar-refractivity contribution in [3.63, 3.8) is 0 Å². The van der Waals surface area contributed by atoms with Gasteiger partial charge in [-0.3, -0.25) is 4.79 Å². The Balaban J connectivity index is 1.85. The molecule has 1 amide bonds. The van der Waals surface area contributed by atoms with Crippen LogP contribution in [0.25, 0.3) is 0 Å². The zero-order valence-electron chi connectivity index (χ0n) is 15.8. The molecule has 0 aromatic heterocycles. The maximum atomic E-state index is 12.7. The molecule has 0 saturated carbocycles. The molecule has 7 nitrogen and oxygen atoms in total. The lowest BCUT2D eigenvalue weighted by Gasteiger charge is -2.16. The van der Waals surface area contributed by atoms with Crippen LogP contribution in [0, 0.1) is 6.92 Å². The van der Waals surface area contributed by atoms with E-state index in [-0.39, 0.29) is 10.5 Å². The van der Waals surface area contributed by atoms with Crippen LogP contribution in [0.1, 0.15) is 39.1 Å². The number of hydrogen-bond acceptors (Lipinski definition) is 5. The third-order valence-corrected chi connectivity index (χ3v) is 6.60. The smallest absolute Gasteiger partial charge is 0.337 e. The Labute approximate surface area is 164 Å². The lowest BCUT2D eigenvalue weighted by molar-refractivity contribution is 0.0600. The first kappa shape index (κ1) is 20.0. The highest BCUT2D eigenvalue weighted by Gasteiger charge is 2.27. The molecule has 2 aromatic rings. The Morgan fingerprint density at radius 3 is 2.43 bits per heavy atom. The lowest BCUT2D eigenvalue weighted by atomic mass is 10.1. The summed E-state index contributed by atoms with van der Waals surface area (Å²) in [6.45, 7) is 2.79. The van der Waals surface area contributed by atoms with Crippen molar-refractivity contribution >= 4 is 27.6 Å². The molecule has 0 atom stereocenters. The normalized spacial score (nSPS) is 14.6. The van der Waals surface area contributed by atoms with Crippen LogP contribution >= 0.6 is 0 Å². The summed E-state index contributed by atoms with van der Waals surface area (Å²) in [5.74, 6) is -0.960. The first-order valence-electron chi connectivity index (χ1n) is 8.93. The Morgan fingerprint density at radius 2 is 1.75 bits per heavy atom. The van der Waals surface area contributed by atoms with E-state index in [0.717, 1.165) is 18.4 Å². The number of benzene rings is 2. The van der Waals surface area contributed by atoms with Gasteiger partial charge in [-0.25, -0.2) is 13.2 Å². The van der Waals surface area contributed by atoms with E-state index in [2.05, 4.69) is 5.32 Å². The Bertz CT molecular complexity index is 1010. The van der Waals surface area contributed by atoms with Crippen LogP contribution in [0.5, 0.6) is 0 Å². The molecular weight excluding hydrogens is 380 g/mol. The van der Waals surface area contributed by atoms with Gasteiger partial charge < -0.3 is 10.1 Å². The second kappa shape index (κ2) is 8.12. The topological polar surface area (TPSA) is 92.8 Å². The number of carbonyl (C=O) groups excluding carboxylic acids is 2. The minimum atomic E-state index is -3.60. The van der Waals surface area contributed by atoms with Gasteiger partial charge in [0, 0.05) is 24.3 Å². The first-order chi connectivity index (χ1) is 13.3. The summed E-state index contributed by atoms with van der Waals surface area (Å²) < 4.78 is 31.6. The second-order valence-corrected chi connectivity index (χ2v) is 8.55. The Kier molecular flexibility index (Phi) is 5.81. The molecule has 8 heteroatoms. The molecule has 2 aromatic carbocycles. The molecule has 1 N–H and O–H groups in total. The monoisotopic (exact) mass is 402 g/mol. The largest absolute Gasteiger partial charge is 0.465 e. The summed E-state index contributed by atoms with van der Waals surface area (Å²) in [5, 5.41) is 2.74. The van der Waals surface area contributed by atoms with Crippen molar-refractivity contribution in [2.45, 2.75) is 24.7 Å². The van der Waals surface area contributed by atoms with Crippen molar-refractivity contribution in [3.05, 3.63) is 59.2 Å². The number of methoxy groups -OCH3 is 1. The lowest BCUT2D eigenvalue weighted by Crippen LogP contribution is -2.28. The predicted octanol–water partition coefficient (Wildman–Crippen LogP) is 2.82. The summed E-state index contributed by atoms with van der Waals surface area (Å²) >= 11 is 0. The molecule has 0 bridgehead atoms. The van der Waals surface area contributed by atoms with Gasteiger partial charge in [-0.15, -0.1) is 0 Å². The number of carbonyl (C=O) groups is 2. The van der Waals surface area contributed by atoms with E-state index in [4.69, 9.17) is 4.74 Å². The highest BCUT2D eigenvalue weighted by Crippen LogP contribution is 2.23. The third-order valence-electron chi connectivity index (χ3n) is 4.71. The molecule has 1 saturated heterocycles. The fraction of sp³-hybridized carbons (Fsp3) is 0.300. The number of rotatable bonds is 5. The molecule has 0 radical (unpaired) electrons. The Morgan fingerprint density at radius 1 is 1.04 bits per heavy atom. The Hall–Kier alpha value is -2.71. The van der Waals surface area contributed by atoms with Crippen molar-refractivity contribution in [2.24, 2.45) is 0 Å². The van der Waals surface area contributed by atoms with E-state index in [1.165, 1.54) is 29.6 Å². The summed E-state index contributed by atoms with van der Waals surface area (Å²) in [7, 11) is -2.32. The van der Waals surface area contributed by atoms with Crippen LogP contribution in [0.15, 0.2) is 47.4 Å². The summed E-state index contributed by atoms with van der Waals surface area (Å²) in [4.78, 5) is 24.5. The van der Waals surface area contributed by atoms with Crippen molar-refractivity contribution < 1.29 is 22.7 Å². The van der Waals surface area contributed by atoms with Crippen molar-refractivity contribution in [2.75, 3.05) is 25.5 Å².